The fourth-order valence-corrected chi connectivity index (χ4v) is 2.94. The molecule has 1 saturated heterocycles. The van der Waals surface area contributed by atoms with Crippen LogP contribution in [0.15, 0.2) is 60.7 Å². The fraction of sp³-hybridized carbons (Fsp3) is 0.350. The lowest BCUT2D eigenvalue weighted by Gasteiger charge is -2.33. The Hall–Kier alpha value is -2.33. The Balaban J connectivity index is 1.45. The second kappa shape index (κ2) is 8.50. The minimum atomic E-state index is -0.00753. The van der Waals surface area contributed by atoms with Crippen LogP contribution in [0.3, 0.4) is 0 Å². The number of morpholine rings is 1. The number of aryl methyl sites for hydroxylation is 1. The lowest BCUT2D eigenvalue weighted by molar-refractivity contribution is -0.0176. The molecule has 2 amide bonds. The summed E-state index contributed by atoms with van der Waals surface area (Å²) >= 11 is 0. The van der Waals surface area contributed by atoms with E-state index in [1.165, 1.54) is 5.56 Å². The standard InChI is InChI=1S/C20H24N2O2/c23-20(21-15-18-9-5-2-6-10-18)22-13-14-24-19(16-22)12-11-17-7-3-1-4-8-17/h1-10,19H,11-16H2,(H,21,23). The average molecular weight is 324 g/mol. The van der Waals surface area contributed by atoms with Crippen LogP contribution in [0.5, 0.6) is 0 Å². The Labute approximate surface area is 143 Å². The van der Waals surface area contributed by atoms with Crippen molar-refractivity contribution in [1.29, 1.82) is 0 Å². The van der Waals surface area contributed by atoms with Gasteiger partial charge in [-0.25, -0.2) is 4.79 Å². The van der Waals surface area contributed by atoms with Crippen LogP contribution in [0.4, 0.5) is 4.79 Å². The van der Waals surface area contributed by atoms with Gasteiger partial charge in [-0.2, -0.15) is 0 Å². The van der Waals surface area contributed by atoms with Crippen molar-refractivity contribution >= 4 is 6.03 Å². The largest absolute Gasteiger partial charge is 0.375 e. The Morgan fingerprint density at radius 3 is 2.42 bits per heavy atom. The number of nitrogens with zero attached hydrogens (tertiary/aromatic N) is 1. The maximum absolute atomic E-state index is 12.4. The van der Waals surface area contributed by atoms with Gasteiger partial charge in [0.25, 0.3) is 0 Å². The molecular formula is C20H24N2O2. The third-order valence-electron chi connectivity index (χ3n) is 4.31. The van der Waals surface area contributed by atoms with E-state index in [9.17, 15) is 4.79 Å². The van der Waals surface area contributed by atoms with E-state index < -0.39 is 0 Å². The molecular weight excluding hydrogens is 300 g/mol. The summed E-state index contributed by atoms with van der Waals surface area (Å²) in [6, 6.07) is 20.4. The van der Waals surface area contributed by atoms with Crippen molar-refractivity contribution in [3.63, 3.8) is 0 Å². The smallest absolute Gasteiger partial charge is 0.317 e. The monoisotopic (exact) mass is 324 g/mol. The van der Waals surface area contributed by atoms with Gasteiger partial charge in [0, 0.05) is 19.6 Å². The first-order chi connectivity index (χ1) is 11.8. The van der Waals surface area contributed by atoms with Crippen LogP contribution in [0.1, 0.15) is 17.5 Å². The second-order valence-electron chi connectivity index (χ2n) is 6.11. The quantitative estimate of drug-likeness (QED) is 0.917. The topological polar surface area (TPSA) is 41.6 Å². The summed E-state index contributed by atoms with van der Waals surface area (Å²) in [5, 5.41) is 2.99. The maximum atomic E-state index is 12.4. The molecule has 1 aliphatic rings. The molecule has 126 valence electrons. The molecule has 0 radical (unpaired) electrons. The van der Waals surface area contributed by atoms with E-state index in [0.29, 0.717) is 26.2 Å². The van der Waals surface area contributed by atoms with Gasteiger partial charge in [0.15, 0.2) is 0 Å². The molecule has 1 N–H and O–H groups in total. The van der Waals surface area contributed by atoms with E-state index in [1.807, 2.05) is 41.3 Å². The van der Waals surface area contributed by atoms with Crippen LogP contribution in [0.2, 0.25) is 0 Å². The number of rotatable bonds is 5. The molecule has 1 aliphatic heterocycles. The minimum absolute atomic E-state index is 0.00753. The summed E-state index contributed by atoms with van der Waals surface area (Å²) in [7, 11) is 0. The molecule has 0 saturated carbocycles. The van der Waals surface area contributed by atoms with E-state index in [4.69, 9.17) is 4.74 Å². The number of amides is 2. The van der Waals surface area contributed by atoms with Gasteiger partial charge in [0.05, 0.1) is 12.7 Å². The highest BCUT2D eigenvalue weighted by molar-refractivity contribution is 5.74. The van der Waals surface area contributed by atoms with Gasteiger partial charge in [0.2, 0.25) is 0 Å². The predicted molar refractivity (Wildman–Crippen MR) is 94.8 cm³/mol. The van der Waals surface area contributed by atoms with Crippen molar-refractivity contribution in [2.24, 2.45) is 0 Å². The number of urea groups is 1. The first kappa shape index (κ1) is 16.5. The van der Waals surface area contributed by atoms with Crippen LogP contribution in [-0.2, 0) is 17.7 Å². The third kappa shape index (κ3) is 4.83. The van der Waals surface area contributed by atoms with E-state index in [2.05, 4.69) is 29.6 Å². The van der Waals surface area contributed by atoms with Crippen LogP contribution < -0.4 is 5.32 Å². The van der Waals surface area contributed by atoms with E-state index in [0.717, 1.165) is 18.4 Å². The summed E-state index contributed by atoms with van der Waals surface area (Å²) < 4.78 is 5.82. The van der Waals surface area contributed by atoms with Gasteiger partial charge >= 0.3 is 6.03 Å². The first-order valence-electron chi connectivity index (χ1n) is 8.53. The van der Waals surface area contributed by atoms with Crippen LogP contribution >= 0.6 is 0 Å². The number of carbonyl (C=O) groups is 1. The molecule has 1 atom stereocenters. The Morgan fingerprint density at radius 2 is 1.71 bits per heavy atom. The van der Waals surface area contributed by atoms with Crippen molar-refractivity contribution in [1.82, 2.24) is 10.2 Å². The minimum Gasteiger partial charge on any atom is -0.375 e. The number of nitrogens with one attached hydrogen (secondary N) is 1. The summed E-state index contributed by atoms with van der Waals surface area (Å²) in [4.78, 5) is 14.2. The van der Waals surface area contributed by atoms with Crippen molar-refractivity contribution < 1.29 is 9.53 Å². The zero-order valence-corrected chi connectivity index (χ0v) is 13.9. The number of ether oxygens (including phenoxy) is 1. The molecule has 1 unspecified atom stereocenters. The van der Waals surface area contributed by atoms with Crippen LogP contribution in [0.25, 0.3) is 0 Å². The number of benzene rings is 2. The molecule has 0 aromatic heterocycles. The molecule has 24 heavy (non-hydrogen) atoms. The molecule has 4 nitrogen and oxygen atoms in total. The summed E-state index contributed by atoms with van der Waals surface area (Å²) in [6.07, 6.45) is 2.03. The third-order valence-corrected chi connectivity index (χ3v) is 4.31. The normalized spacial score (nSPS) is 17.5. The molecule has 2 aromatic carbocycles. The van der Waals surface area contributed by atoms with Crippen molar-refractivity contribution in [3.05, 3.63) is 71.8 Å². The number of carbonyl (C=O) groups excluding carboxylic acids is 1. The molecule has 0 aliphatic carbocycles. The SMILES string of the molecule is O=C(NCc1ccccc1)N1CCOC(CCc2ccccc2)C1. The first-order valence-corrected chi connectivity index (χ1v) is 8.53. The van der Waals surface area contributed by atoms with Crippen molar-refractivity contribution in [2.45, 2.75) is 25.5 Å². The predicted octanol–water partition coefficient (Wildman–Crippen LogP) is 3.23. The Kier molecular flexibility index (Phi) is 5.85. The lowest BCUT2D eigenvalue weighted by Crippen LogP contribution is -2.49. The van der Waals surface area contributed by atoms with Gasteiger partial charge < -0.3 is 15.0 Å². The van der Waals surface area contributed by atoms with Gasteiger partial charge in [-0.3, -0.25) is 0 Å². The highest BCUT2D eigenvalue weighted by Crippen LogP contribution is 2.13. The fourth-order valence-electron chi connectivity index (χ4n) is 2.94. The van der Waals surface area contributed by atoms with Gasteiger partial charge in [0.1, 0.15) is 0 Å². The Morgan fingerprint density at radius 1 is 1.04 bits per heavy atom. The molecule has 1 heterocycles. The molecule has 0 spiro atoms. The molecule has 0 bridgehead atoms. The highest BCUT2D eigenvalue weighted by atomic mass is 16.5. The van der Waals surface area contributed by atoms with Gasteiger partial charge in [-0.05, 0) is 24.0 Å². The second-order valence-corrected chi connectivity index (χ2v) is 6.11. The Bertz CT molecular complexity index is 631. The summed E-state index contributed by atoms with van der Waals surface area (Å²) in [5.41, 5.74) is 2.42. The zero-order chi connectivity index (χ0) is 16.6. The lowest BCUT2D eigenvalue weighted by atomic mass is 10.1. The van der Waals surface area contributed by atoms with Crippen LogP contribution in [0, 0.1) is 0 Å². The molecule has 1 fully saturated rings. The maximum Gasteiger partial charge on any atom is 0.317 e. The number of hydrogen-bond acceptors (Lipinski definition) is 2. The van der Waals surface area contributed by atoms with E-state index in [-0.39, 0.29) is 12.1 Å². The highest BCUT2D eigenvalue weighted by Gasteiger charge is 2.23. The van der Waals surface area contributed by atoms with Gasteiger partial charge in [-0.1, -0.05) is 60.7 Å². The molecule has 2 aromatic rings. The molecule has 3 rings (SSSR count). The molecule has 4 heteroatoms. The summed E-state index contributed by atoms with van der Waals surface area (Å²) in [5.74, 6) is 0. The summed E-state index contributed by atoms with van der Waals surface area (Å²) in [6.45, 7) is 2.49. The average Bonchev–Trinajstić information content (AvgIpc) is 2.66. The van der Waals surface area contributed by atoms with Crippen molar-refractivity contribution in [3.8, 4) is 0 Å². The van der Waals surface area contributed by atoms with Gasteiger partial charge in [-0.15, -0.1) is 0 Å². The van der Waals surface area contributed by atoms with Crippen LogP contribution in [-0.4, -0.2) is 36.7 Å². The zero-order valence-electron chi connectivity index (χ0n) is 13.9. The van der Waals surface area contributed by atoms with E-state index in [1.54, 1.807) is 0 Å². The number of hydrogen-bond donors (Lipinski definition) is 1. The van der Waals surface area contributed by atoms with Crippen molar-refractivity contribution in [2.75, 3.05) is 19.7 Å². The van der Waals surface area contributed by atoms with E-state index >= 15 is 0 Å².